The van der Waals surface area contributed by atoms with Gasteiger partial charge in [-0.15, -0.1) is 6.58 Å². The summed E-state index contributed by atoms with van der Waals surface area (Å²) in [6.07, 6.45) is -1.14. The number of nitrogens with zero attached hydrogens (tertiary/aromatic N) is 5. The smallest absolute Gasteiger partial charge is 0.338 e. The van der Waals surface area contributed by atoms with Gasteiger partial charge in [0.05, 0.1) is 22.3 Å². The van der Waals surface area contributed by atoms with Crippen molar-refractivity contribution in [3.8, 4) is 0 Å². The van der Waals surface area contributed by atoms with Crippen LogP contribution in [0.3, 0.4) is 0 Å². The molecule has 9 heteroatoms. The van der Waals surface area contributed by atoms with E-state index >= 15 is 0 Å². The molecule has 1 saturated heterocycles. The van der Waals surface area contributed by atoms with Gasteiger partial charge in [0.1, 0.15) is 0 Å². The van der Waals surface area contributed by atoms with Crippen LogP contribution in [-0.2, 0) is 6.18 Å². The number of fused-ring (bicyclic) bond motifs is 1. The molecule has 0 bridgehead atoms. The van der Waals surface area contributed by atoms with Crippen molar-refractivity contribution < 1.29 is 13.2 Å². The third-order valence-electron chi connectivity index (χ3n) is 4.69. The van der Waals surface area contributed by atoms with E-state index in [0.717, 1.165) is 32.2 Å². The van der Waals surface area contributed by atoms with Gasteiger partial charge in [0.15, 0.2) is 0 Å². The van der Waals surface area contributed by atoms with Crippen LogP contribution in [0.15, 0.2) is 34.9 Å². The summed E-state index contributed by atoms with van der Waals surface area (Å²) >= 11 is 5.89. The van der Waals surface area contributed by atoms with Crippen LogP contribution in [0.2, 0.25) is 5.02 Å². The number of benzene rings is 1. The molecule has 3 rings (SSSR count). The van der Waals surface area contributed by atoms with Gasteiger partial charge in [-0.1, -0.05) is 17.7 Å². The van der Waals surface area contributed by atoms with Gasteiger partial charge >= 0.3 is 6.18 Å². The molecule has 1 aromatic carbocycles. The van der Waals surface area contributed by atoms with Gasteiger partial charge < -0.3 is 9.80 Å². The van der Waals surface area contributed by atoms with Crippen LogP contribution in [0.25, 0.3) is 0 Å². The van der Waals surface area contributed by atoms with E-state index in [2.05, 4.69) is 33.5 Å². The first-order valence-electron chi connectivity index (χ1n) is 9.41. The molecule has 2 heterocycles. The van der Waals surface area contributed by atoms with Crippen LogP contribution in [0.1, 0.15) is 37.9 Å². The number of likely N-dealkylation sites (N-methyl/N-ethyl adjacent to an activating group) is 1. The summed E-state index contributed by atoms with van der Waals surface area (Å²) in [4.78, 5) is 8.94. The number of alkyl halides is 3. The summed E-state index contributed by atoms with van der Waals surface area (Å²) in [6, 6.07) is 2.01. The summed E-state index contributed by atoms with van der Waals surface area (Å²) in [5, 5.41) is 5.71. The van der Waals surface area contributed by atoms with E-state index in [-0.39, 0.29) is 11.1 Å². The molecule has 0 saturated carbocycles. The highest BCUT2D eigenvalue weighted by molar-refractivity contribution is 6.31. The third-order valence-corrected chi connectivity index (χ3v) is 5.00. The summed E-state index contributed by atoms with van der Waals surface area (Å²) < 4.78 is 39.7. The zero-order chi connectivity index (χ0) is 21.8. The molecule has 1 aromatic rings. The van der Waals surface area contributed by atoms with Crippen LogP contribution < -0.4 is 0 Å². The van der Waals surface area contributed by atoms with Crippen molar-refractivity contribution in [2.24, 2.45) is 10.1 Å². The predicted octanol–water partition coefficient (Wildman–Crippen LogP) is 5.17. The molecule has 0 radical (unpaired) electrons. The molecule has 0 spiro atoms. The van der Waals surface area contributed by atoms with Crippen molar-refractivity contribution in [1.82, 2.24) is 14.8 Å². The highest BCUT2D eigenvalue weighted by Gasteiger charge is 2.37. The topological polar surface area (TPSA) is 34.4 Å². The number of allylic oxidation sites excluding steroid dienone is 1. The molecular weight excluding hydrogens is 403 g/mol. The van der Waals surface area contributed by atoms with E-state index in [1.165, 1.54) is 6.07 Å². The van der Waals surface area contributed by atoms with E-state index in [0.29, 0.717) is 17.2 Å². The second kappa shape index (κ2) is 9.63. The third kappa shape index (κ3) is 5.30. The van der Waals surface area contributed by atoms with Crippen molar-refractivity contribution in [3.05, 3.63) is 40.9 Å². The lowest BCUT2D eigenvalue weighted by atomic mass is 10.0. The molecule has 0 aromatic heterocycles. The van der Waals surface area contributed by atoms with Crippen molar-refractivity contribution in [2.45, 2.75) is 33.0 Å². The van der Waals surface area contributed by atoms with E-state index in [1.807, 2.05) is 13.8 Å². The van der Waals surface area contributed by atoms with Crippen molar-refractivity contribution in [3.63, 3.8) is 0 Å². The molecule has 2 aliphatic heterocycles. The monoisotopic (exact) mass is 429 g/mol. The molecule has 0 amide bonds. The number of hydrazone groups is 1. The van der Waals surface area contributed by atoms with Gasteiger partial charge in [0, 0.05) is 38.0 Å². The van der Waals surface area contributed by atoms with Crippen LogP contribution >= 0.6 is 11.6 Å². The minimum atomic E-state index is -4.51. The standard InChI is InChI=1S/C17H21ClF3N5.C3H6/c1-4-22-26-11(2)12-9-13(17(19,20)21)14(18)10-15(12)23-16(26)25-7-5-24(3)6-8-25;1-3-2/h4,9-11H,5-8H2,1-3H3;3H,1H2,2H3/b22-4-;. The lowest BCUT2D eigenvalue weighted by Crippen LogP contribution is -2.52. The highest BCUT2D eigenvalue weighted by Crippen LogP contribution is 2.43. The van der Waals surface area contributed by atoms with E-state index in [4.69, 9.17) is 11.6 Å². The summed E-state index contributed by atoms with van der Waals surface area (Å²) in [6.45, 7) is 12.2. The number of guanidine groups is 1. The largest absolute Gasteiger partial charge is 0.417 e. The Kier molecular flexibility index (Phi) is 7.71. The number of piperazine rings is 1. The number of hydrogen-bond acceptors (Lipinski definition) is 5. The molecular formula is C20H27ClF3N5. The molecule has 0 N–H and O–H groups in total. The Morgan fingerprint density at radius 2 is 1.79 bits per heavy atom. The molecule has 5 nitrogen and oxygen atoms in total. The molecule has 2 aliphatic rings. The summed E-state index contributed by atoms with van der Waals surface area (Å²) in [5.74, 6) is 0.645. The maximum Gasteiger partial charge on any atom is 0.417 e. The fourth-order valence-corrected chi connectivity index (χ4v) is 3.46. The van der Waals surface area contributed by atoms with Gasteiger partial charge in [-0.3, -0.25) is 0 Å². The Balaban J connectivity index is 0.000000941. The van der Waals surface area contributed by atoms with Crippen LogP contribution in [0.4, 0.5) is 18.9 Å². The first kappa shape index (κ1) is 23.2. The van der Waals surface area contributed by atoms with Gasteiger partial charge in [-0.05, 0) is 40.0 Å². The van der Waals surface area contributed by atoms with Gasteiger partial charge in [-0.2, -0.15) is 18.3 Å². The fourth-order valence-electron chi connectivity index (χ4n) is 3.19. The number of hydrogen-bond donors (Lipinski definition) is 0. The summed E-state index contributed by atoms with van der Waals surface area (Å²) in [5.41, 5.74) is 0.0839. The average Bonchev–Trinajstić information content (AvgIpc) is 2.64. The maximum absolute atomic E-state index is 13.2. The Hall–Kier alpha value is -2.06. The number of halogens is 4. The Bertz CT molecular complexity index is 783. The van der Waals surface area contributed by atoms with E-state index in [9.17, 15) is 13.2 Å². The van der Waals surface area contributed by atoms with Crippen molar-refractivity contribution in [2.75, 3.05) is 33.2 Å². The molecule has 0 aliphatic carbocycles. The average molecular weight is 430 g/mol. The van der Waals surface area contributed by atoms with Crippen LogP contribution in [0, 0.1) is 0 Å². The first-order chi connectivity index (χ1) is 13.6. The van der Waals surface area contributed by atoms with Gasteiger partial charge in [0.2, 0.25) is 5.96 Å². The maximum atomic E-state index is 13.2. The first-order valence-corrected chi connectivity index (χ1v) is 9.79. The molecule has 1 unspecified atom stereocenters. The minimum Gasteiger partial charge on any atom is -0.338 e. The Labute approximate surface area is 175 Å². The Morgan fingerprint density at radius 1 is 1.21 bits per heavy atom. The quantitative estimate of drug-likeness (QED) is 0.456. The fraction of sp³-hybridized carbons (Fsp3) is 0.500. The zero-order valence-corrected chi connectivity index (χ0v) is 17.9. The Morgan fingerprint density at radius 3 is 2.31 bits per heavy atom. The lowest BCUT2D eigenvalue weighted by Gasteiger charge is -2.41. The zero-order valence-electron chi connectivity index (χ0n) is 17.2. The molecule has 1 fully saturated rings. The highest BCUT2D eigenvalue weighted by atomic mass is 35.5. The van der Waals surface area contributed by atoms with Gasteiger partial charge in [0.25, 0.3) is 0 Å². The second-order valence-electron chi connectivity index (χ2n) is 6.89. The van der Waals surface area contributed by atoms with E-state index < -0.39 is 11.7 Å². The predicted molar refractivity (Wildman–Crippen MR) is 113 cm³/mol. The molecule has 29 heavy (non-hydrogen) atoms. The van der Waals surface area contributed by atoms with Crippen LogP contribution in [-0.4, -0.2) is 60.2 Å². The van der Waals surface area contributed by atoms with Crippen LogP contribution in [0.5, 0.6) is 0 Å². The second-order valence-corrected chi connectivity index (χ2v) is 7.30. The van der Waals surface area contributed by atoms with Crippen molar-refractivity contribution in [1.29, 1.82) is 0 Å². The molecule has 1 atom stereocenters. The number of aliphatic imine (C=N–C) groups is 1. The van der Waals surface area contributed by atoms with E-state index in [1.54, 1.807) is 24.2 Å². The molecule has 160 valence electrons. The minimum absolute atomic E-state index is 0.336. The SMILES string of the molecule is C/C=N\N1C(N2CCN(C)CC2)=Nc2cc(Cl)c(C(F)(F)F)cc2C1C.C=CC. The van der Waals surface area contributed by atoms with Gasteiger partial charge in [-0.25, -0.2) is 10.0 Å². The normalized spacial score (nSPS) is 20.1. The summed E-state index contributed by atoms with van der Waals surface area (Å²) in [7, 11) is 2.05. The lowest BCUT2D eigenvalue weighted by molar-refractivity contribution is -0.137. The van der Waals surface area contributed by atoms with Crippen molar-refractivity contribution >= 4 is 29.5 Å². The number of rotatable bonds is 1.